The maximum absolute atomic E-state index is 6.36. The van der Waals surface area contributed by atoms with Gasteiger partial charge in [0.05, 0.1) is 7.11 Å². The molecular weight excluding hydrogens is 354 g/mol. The first-order valence-corrected chi connectivity index (χ1v) is 9.97. The fraction of sp³-hybridized carbons (Fsp3) is 0.524. The second kappa shape index (κ2) is 7.83. The summed E-state index contributed by atoms with van der Waals surface area (Å²) in [6, 6.07) is 8.49. The van der Waals surface area contributed by atoms with Gasteiger partial charge in [-0.2, -0.15) is 4.98 Å². The van der Waals surface area contributed by atoms with Gasteiger partial charge in [0.15, 0.2) is 11.5 Å². The molecule has 2 N–H and O–H groups in total. The van der Waals surface area contributed by atoms with Crippen LogP contribution in [0.15, 0.2) is 24.3 Å². The van der Waals surface area contributed by atoms with Crippen LogP contribution in [0.1, 0.15) is 31.4 Å². The molecule has 2 heterocycles. The molecule has 0 radical (unpaired) electrons. The zero-order valence-corrected chi connectivity index (χ0v) is 16.9. The molecule has 1 aromatic heterocycles. The lowest BCUT2D eigenvalue weighted by Gasteiger charge is -2.32. The van der Waals surface area contributed by atoms with Gasteiger partial charge < -0.3 is 25.0 Å². The van der Waals surface area contributed by atoms with E-state index in [0.717, 1.165) is 54.9 Å². The smallest absolute Gasteiger partial charge is 0.231 e. The van der Waals surface area contributed by atoms with Crippen molar-refractivity contribution in [3.63, 3.8) is 0 Å². The Bertz CT molecular complexity index is 811. The lowest BCUT2D eigenvalue weighted by molar-refractivity contribution is 0.0941. The normalized spacial score (nSPS) is 18.1. The van der Waals surface area contributed by atoms with Gasteiger partial charge in [-0.15, -0.1) is 0 Å². The van der Waals surface area contributed by atoms with Crippen molar-refractivity contribution in [2.45, 2.75) is 44.8 Å². The molecule has 1 saturated heterocycles. The molecule has 7 heteroatoms. The number of ether oxygens (including phenoxy) is 2. The third-order valence-corrected chi connectivity index (χ3v) is 5.53. The largest absolute Gasteiger partial charge is 0.493 e. The van der Waals surface area contributed by atoms with Crippen LogP contribution >= 0.6 is 0 Å². The van der Waals surface area contributed by atoms with E-state index in [1.54, 1.807) is 13.2 Å². The summed E-state index contributed by atoms with van der Waals surface area (Å²) in [4.78, 5) is 13.3. The minimum Gasteiger partial charge on any atom is -0.493 e. The second-order valence-corrected chi connectivity index (χ2v) is 7.71. The quantitative estimate of drug-likeness (QED) is 0.821. The lowest BCUT2D eigenvalue weighted by Crippen LogP contribution is -2.39. The number of rotatable bonds is 6. The lowest BCUT2D eigenvalue weighted by atomic mass is 10.1. The summed E-state index contributed by atoms with van der Waals surface area (Å²) >= 11 is 0. The molecule has 2 aromatic rings. The molecule has 1 saturated carbocycles. The Labute approximate surface area is 166 Å². The highest BCUT2D eigenvalue weighted by Crippen LogP contribution is 2.36. The average molecular weight is 383 g/mol. The van der Waals surface area contributed by atoms with Gasteiger partial charge >= 0.3 is 0 Å². The van der Waals surface area contributed by atoms with Gasteiger partial charge in [0.1, 0.15) is 11.9 Å². The SMILES string of the molecule is COc1ccc(N(C)c2nc(C)cc(N)n2)cc1OC1CCN(C2CC2)CC1. The average Bonchev–Trinajstić information content (AvgIpc) is 3.52. The van der Waals surface area contributed by atoms with Gasteiger partial charge in [-0.3, -0.25) is 0 Å². The molecule has 1 aromatic carbocycles. The standard InChI is InChI=1S/C21H29N5O2/c1-14-12-20(22)24-21(23-14)25(2)16-6-7-18(27-3)19(13-16)28-17-8-10-26(11-9-17)15-4-5-15/h6-7,12-13,15,17H,4-5,8-11H2,1-3H3,(H2,22,23,24). The van der Waals surface area contributed by atoms with E-state index in [0.29, 0.717) is 11.8 Å². The number of anilines is 3. The minimum absolute atomic E-state index is 0.218. The van der Waals surface area contributed by atoms with Crippen LogP contribution in [0.4, 0.5) is 17.5 Å². The Morgan fingerprint density at radius 1 is 1.07 bits per heavy atom. The fourth-order valence-electron chi connectivity index (χ4n) is 3.79. The van der Waals surface area contributed by atoms with Crippen molar-refractivity contribution in [3.05, 3.63) is 30.0 Å². The summed E-state index contributed by atoms with van der Waals surface area (Å²) < 4.78 is 11.9. The molecule has 7 nitrogen and oxygen atoms in total. The van der Waals surface area contributed by atoms with E-state index >= 15 is 0 Å². The Kier molecular flexibility index (Phi) is 5.26. The minimum atomic E-state index is 0.218. The number of nitrogen functional groups attached to an aromatic ring is 1. The second-order valence-electron chi connectivity index (χ2n) is 7.71. The van der Waals surface area contributed by atoms with Gasteiger partial charge in [0, 0.05) is 49.7 Å². The number of hydrogen-bond acceptors (Lipinski definition) is 7. The van der Waals surface area contributed by atoms with E-state index in [2.05, 4.69) is 14.9 Å². The molecule has 0 bridgehead atoms. The van der Waals surface area contributed by atoms with Crippen molar-refractivity contribution in [1.82, 2.24) is 14.9 Å². The molecule has 1 aliphatic heterocycles. The predicted octanol–water partition coefficient (Wildman–Crippen LogP) is 3.15. The maximum atomic E-state index is 6.36. The highest BCUT2D eigenvalue weighted by molar-refractivity contribution is 5.62. The number of piperidine rings is 1. The van der Waals surface area contributed by atoms with Gasteiger partial charge in [-0.05, 0) is 44.7 Å². The van der Waals surface area contributed by atoms with E-state index in [1.807, 2.05) is 37.1 Å². The number of nitrogens with two attached hydrogens (primary N) is 1. The molecule has 0 unspecified atom stereocenters. The highest BCUT2D eigenvalue weighted by atomic mass is 16.5. The van der Waals surface area contributed by atoms with Gasteiger partial charge in [0.2, 0.25) is 5.95 Å². The maximum Gasteiger partial charge on any atom is 0.231 e. The Morgan fingerprint density at radius 2 is 1.82 bits per heavy atom. The summed E-state index contributed by atoms with van der Waals surface area (Å²) in [5, 5.41) is 0. The first-order chi connectivity index (χ1) is 13.5. The third-order valence-electron chi connectivity index (χ3n) is 5.53. The summed E-state index contributed by atoms with van der Waals surface area (Å²) in [6.07, 6.45) is 5.04. The van der Waals surface area contributed by atoms with Crippen LogP contribution < -0.4 is 20.1 Å². The first-order valence-electron chi connectivity index (χ1n) is 9.97. The predicted molar refractivity (Wildman–Crippen MR) is 110 cm³/mol. The van der Waals surface area contributed by atoms with Crippen LogP contribution in [0, 0.1) is 6.92 Å². The fourth-order valence-corrected chi connectivity index (χ4v) is 3.79. The van der Waals surface area contributed by atoms with Crippen LogP contribution in [0.3, 0.4) is 0 Å². The number of benzene rings is 1. The summed E-state index contributed by atoms with van der Waals surface area (Å²) in [5.41, 5.74) is 7.65. The summed E-state index contributed by atoms with van der Waals surface area (Å²) in [6.45, 7) is 4.15. The van der Waals surface area contributed by atoms with Crippen molar-refractivity contribution >= 4 is 17.5 Å². The van der Waals surface area contributed by atoms with Crippen LogP contribution in [0.2, 0.25) is 0 Å². The van der Waals surface area contributed by atoms with Crippen molar-refractivity contribution in [2.24, 2.45) is 0 Å². The van der Waals surface area contributed by atoms with Crippen LogP contribution in [-0.4, -0.2) is 54.3 Å². The van der Waals surface area contributed by atoms with Crippen molar-refractivity contribution in [2.75, 3.05) is 37.9 Å². The summed E-state index contributed by atoms with van der Waals surface area (Å²) in [5.74, 6) is 2.52. The number of aromatic nitrogens is 2. The van der Waals surface area contributed by atoms with Crippen molar-refractivity contribution in [1.29, 1.82) is 0 Å². The molecule has 150 valence electrons. The molecule has 0 spiro atoms. The molecule has 2 aliphatic rings. The van der Waals surface area contributed by atoms with Crippen LogP contribution in [0.5, 0.6) is 11.5 Å². The van der Waals surface area contributed by atoms with E-state index in [4.69, 9.17) is 15.2 Å². The molecule has 0 amide bonds. The molecule has 0 atom stereocenters. The van der Waals surface area contributed by atoms with Crippen LogP contribution in [0.25, 0.3) is 0 Å². The number of hydrogen-bond donors (Lipinski definition) is 1. The Balaban J connectivity index is 1.50. The van der Waals surface area contributed by atoms with E-state index in [9.17, 15) is 0 Å². The molecule has 1 aliphatic carbocycles. The topological polar surface area (TPSA) is 76.7 Å². The zero-order chi connectivity index (χ0) is 19.7. The monoisotopic (exact) mass is 383 g/mol. The van der Waals surface area contributed by atoms with Crippen LogP contribution in [-0.2, 0) is 0 Å². The van der Waals surface area contributed by atoms with Crippen molar-refractivity contribution < 1.29 is 9.47 Å². The van der Waals surface area contributed by atoms with Gasteiger partial charge in [0.25, 0.3) is 0 Å². The number of aryl methyl sites for hydroxylation is 1. The van der Waals surface area contributed by atoms with Crippen molar-refractivity contribution in [3.8, 4) is 11.5 Å². The van der Waals surface area contributed by atoms with E-state index in [-0.39, 0.29) is 6.10 Å². The van der Waals surface area contributed by atoms with Gasteiger partial charge in [-0.1, -0.05) is 0 Å². The van der Waals surface area contributed by atoms with E-state index in [1.165, 1.54) is 12.8 Å². The molecule has 4 rings (SSSR count). The third kappa shape index (κ3) is 4.14. The number of likely N-dealkylation sites (tertiary alicyclic amines) is 1. The summed E-state index contributed by atoms with van der Waals surface area (Å²) in [7, 11) is 3.60. The zero-order valence-electron chi connectivity index (χ0n) is 16.9. The molecule has 28 heavy (non-hydrogen) atoms. The number of nitrogens with zero attached hydrogens (tertiary/aromatic N) is 4. The molecular formula is C21H29N5O2. The number of methoxy groups -OCH3 is 1. The van der Waals surface area contributed by atoms with Gasteiger partial charge in [-0.25, -0.2) is 4.98 Å². The highest BCUT2D eigenvalue weighted by Gasteiger charge is 2.32. The Morgan fingerprint density at radius 3 is 2.46 bits per heavy atom. The van der Waals surface area contributed by atoms with E-state index < -0.39 is 0 Å². The Hall–Kier alpha value is -2.54. The molecule has 2 fully saturated rings. The first kappa shape index (κ1) is 18.8.